The highest BCUT2D eigenvalue weighted by molar-refractivity contribution is 5.94. The average molecular weight is 317 g/mol. The molecule has 0 heterocycles. The standard InChI is InChI=1S/C15H21FN2O2.ClH/c1-20-14-6-5-11(8-13(14)16)15(19)18-9-10-3-2-4-12(17)7-10;/h5-6,8,10,12H,2-4,7,9,17H2,1H3,(H,18,19);1H. The van der Waals surface area contributed by atoms with Gasteiger partial charge >= 0.3 is 0 Å². The third-order valence-corrected chi connectivity index (χ3v) is 3.79. The number of rotatable bonds is 4. The number of methoxy groups -OCH3 is 1. The molecule has 0 radical (unpaired) electrons. The van der Waals surface area contributed by atoms with Crippen LogP contribution in [-0.2, 0) is 0 Å². The van der Waals surface area contributed by atoms with E-state index in [0.717, 1.165) is 25.7 Å². The second-order valence-corrected chi connectivity index (χ2v) is 5.35. The number of benzene rings is 1. The number of nitrogens with one attached hydrogen (secondary N) is 1. The summed E-state index contributed by atoms with van der Waals surface area (Å²) in [7, 11) is 1.39. The van der Waals surface area contributed by atoms with Crippen LogP contribution in [0.15, 0.2) is 18.2 Å². The fourth-order valence-corrected chi connectivity index (χ4v) is 2.66. The Morgan fingerprint density at radius 1 is 1.48 bits per heavy atom. The van der Waals surface area contributed by atoms with Gasteiger partial charge in [0.15, 0.2) is 11.6 Å². The van der Waals surface area contributed by atoms with Crippen LogP contribution < -0.4 is 15.8 Å². The van der Waals surface area contributed by atoms with E-state index in [2.05, 4.69) is 5.32 Å². The van der Waals surface area contributed by atoms with E-state index in [4.69, 9.17) is 10.5 Å². The minimum absolute atomic E-state index is 0. The van der Waals surface area contributed by atoms with E-state index in [1.54, 1.807) is 6.07 Å². The van der Waals surface area contributed by atoms with Crippen molar-refractivity contribution in [2.24, 2.45) is 11.7 Å². The van der Waals surface area contributed by atoms with Crippen molar-refractivity contribution in [2.75, 3.05) is 13.7 Å². The van der Waals surface area contributed by atoms with Gasteiger partial charge in [-0.1, -0.05) is 6.42 Å². The van der Waals surface area contributed by atoms with Crippen molar-refractivity contribution < 1.29 is 13.9 Å². The Morgan fingerprint density at radius 3 is 2.86 bits per heavy atom. The van der Waals surface area contributed by atoms with Gasteiger partial charge in [-0.05, 0) is 43.4 Å². The normalized spacial score (nSPS) is 21.3. The monoisotopic (exact) mass is 316 g/mol. The first-order valence-corrected chi connectivity index (χ1v) is 6.97. The van der Waals surface area contributed by atoms with Crippen LogP contribution in [-0.4, -0.2) is 25.6 Å². The van der Waals surface area contributed by atoms with Crippen molar-refractivity contribution >= 4 is 18.3 Å². The third-order valence-electron chi connectivity index (χ3n) is 3.79. The van der Waals surface area contributed by atoms with E-state index in [1.165, 1.54) is 19.2 Å². The van der Waals surface area contributed by atoms with Gasteiger partial charge in [-0.15, -0.1) is 12.4 Å². The molecule has 4 nitrogen and oxygen atoms in total. The van der Waals surface area contributed by atoms with E-state index < -0.39 is 5.82 Å². The van der Waals surface area contributed by atoms with Crippen LogP contribution in [0.25, 0.3) is 0 Å². The zero-order chi connectivity index (χ0) is 14.5. The predicted octanol–water partition coefficient (Wildman–Crippen LogP) is 2.50. The first kappa shape index (κ1) is 17.7. The maximum Gasteiger partial charge on any atom is 0.251 e. The number of carbonyl (C=O) groups excluding carboxylic acids is 1. The summed E-state index contributed by atoms with van der Waals surface area (Å²) in [5, 5.41) is 2.85. The topological polar surface area (TPSA) is 64.3 Å². The smallest absolute Gasteiger partial charge is 0.251 e. The summed E-state index contributed by atoms with van der Waals surface area (Å²) in [6.45, 7) is 0.597. The molecule has 0 saturated heterocycles. The van der Waals surface area contributed by atoms with Gasteiger partial charge in [-0.3, -0.25) is 4.79 Å². The zero-order valence-corrected chi connectivity index (χ0v) is 12.9. The molecule has 1 saturated carbocycles. The molecule has 2 unspecified atom stereocenters. The van der Waals surface area contributed by atoms with Gasteiger partial charge in [0.2, 0.25) is 0 Å². The molecule has 0 spiro atoms. The van der Waals surface area contributed by atoms with E-state index in [0.29, 0.717) is 18.0 Å². The molecule has 1 aromatic carbocycles. The summed E-state index contributed by atoms with van der Waals surface area (Å²) in [5.41, 5.74) is 6.23. The van der Waals surface area contributed by atoms with Gasteiger partial charge in [0.25, 0.3) is 5.91 Å². The van der Waals surface area contributed by atoms with Crippen molar-refractivity contribution in [1.82, 2.24) is 5.32 Å². The molecule has 0 aromatic heterocycles. The van der Waals surface area contributed by atoms with Crippen molar-refractivity contribution in [3.8, 4) is 5.75 Å². The lowest BCUT2D eigenvalue weighted by Gasteiger charge is -2.26. The van der Waals surface area contributed by atoms with Crippen LogP contribution in [0.4, 0.5) is 4.39 Å². The molecule has 0 bridgehead atoms. The Balaban J connectivity index is 0.00000220. The Hall–Kier alpha value is -1.33. The van der Waals surface area contributed by atoms with Crippen LogP contribution in [0.5, 0.6) is 5.75 Å². The maximum atomic E-state index is 13.5. The quantitative estimate of drug-likeness (QED) is 0.897. The van der Waals surface area contributed by atoms with Crippen molar-refractivity contribution in [3.63, 3.8) is 0 Å². The molecule has 1 aliphatic carbocycles. The van der Waals surface area contributed by atoms with E-state index in [1.807, 2.05) is 0 Å². The largest absolute Gasteiger partial charge is 0.494 e. The van der Waals surface area contributed by atoms with Gasteiger partial charge in [-0.25, -0.2) is 4.39 Å². The minimum atomic E-state index is -0.528. The Labute approximate surface area is 130 Å². The molecule has 21 heavy (non-hydrogen) atoms. The van der Waals surface area contributed by atoms with Crippen LogP contribution in [0, 0.1) is 11.7 Å². The summed E-state index contributed by atoms with van der Waals surface area (Å²) in [4.78, 5) is 12.0. The summed E-state index contributed by atoms with van der Waals surface area (Å²) >= 11 is 0. The van der Waals surface area contributed by atoms with E-state index in [-0.39, 0.29) is 30.1 Å². The predicted molar refractivity (Wildman–Crippen MR) is 82.5 cm³/mol. The second kappa shape index (κ2) is 8.20. The van der Waals surface area contributed by atoms with Crippen LogP contribution in [0.2, 0.25) is 0 Å². The van der Waals surface area contributed by atoms with Crippen LogP contribution >= 0.6 is 12.4 Å². The number of hydrogen-bond donors (Lipinski definition) is 2. The summed E-state index contributed by atoms with van der Waals surface area (Å²) < 4.78 is 18.4. The van der Waals surface area contributed by atoms with Crippen molar-refractivity contribution in [2.45, 2.75) is 31.7 Å². The molecule has 1 aliphatic rings. The maximum absolute atomic E-state index is 13.5. The fourth-order valence-electron chi connectivity index (χ4n) is 2.66. The molecule has 1 fully saturated rings. The zero-order valence-electron chi connectivity index (χ0n) is 12.1. The molecular formula is C15H22ClFN2O2. The van der Waals surface area contributed by atoms with Crippen LogP contribution in [0.3, 0.4) is 0 Å². The first-order valence-electron chi connectivity index (χ1n) is 6.97. The lowest BCUT2D eigenvalue weighted by Crippen LogP contribution is -2.35. The van der Waals surface area contributed by atoms with Gasteiger partial charge in [0.1, 0.15) is 0 Å². The number of carbonyl (C=O) groups is 1. The number of nitrogens with two attached hydrogens (primary N) is 1. The summed E-state index contributed by atoms with van der Waals surface area (Å²) in [5.74, 6) is -0.226. The van der Waals surface area contributed by atoms with Gasteiger partial charge < -0.3 is 15.8 Å². The first-order chi connectivity index (χ1) is 9.60. The Kier molecular flexibility index (Phi) is 6.92. The molecule has 0 aliphatic heterocycles. The highest BCUT2D eigenvalue weighted by atomic mass is 35.5. The average Bonchev–Trinajstić information content (AvgIpc) is 2.44. The summed E-state index contributed by atoms with van der Waals surface area (Å²) in [6, 6.07) is 4.45. The highest BCUT2D eigenvalue weighted by Crippen LogP contribution is 2.22. The number of ether oxygens (including phenoxy) is 1. The SMILES string of the molecule is COc1ccc(C(=O)NCC2CCCC(N)C2)cc1F.Cl. The molecule has 1 amide bonds. The lowest BCUT2D eigenvalue weighted by molar-refractivity contribution is 0.0942. The Morgan fingerprint density at radius 2 is 2.24 bits per heavy atom. The molecule has 3 N–H and O–H groups in total. The van der Waals surface area contributed by atoms with Crippen LogP contribution in [0.1, 0.15) is 36.0 Å². The van der Waals surface area contributed by atoms with E-state index >= 15 is 0 Å². The van der Waals surface area contributed by atoms with Gasteiger partial charge in [0.05, 0.1) is 7.11 Å². The molecule has 2 rings (SSSR count). The number of hydrogen-bond acceptors (Lipinski definition) is 3. The molecule has 118 valence electrons. The Bertz CT molecular complexity index is 485. The van der Waals surface area contributed by atoms with Crippen molar-refractivity contribution in [1.29, 1.82) is 0 Å². The molecule has 2 atom stereocenters. The lowest BCUT2D eigenvalue weighted by atomic mass is 9.86. The number of amides is 1. The highest BCUT2D eigenvalue weighted by Gasteiger charge is 2.20. The third kappa shape index (κ3) is 4.86. The number of halogens is 2. The molecule has 1 aromatic rings. The van der Waals surface area contributed by atoms with Gasteiger partial charge in [-0.2, -0.15) is 0 Å². The van der Waals surface area contributed by atoms with Crippen molar-refractivity contribution in [3.05, 3.63) is 29.6 Å². The fraction of sp³-hybridized carbons (Fsp3) is 0.533. The second-order valence-electron chi connectivity index (χ2n) is 5.35. The molecular weight excluding hydrogens is 295 g/mol. The minimum Gasteiger partial charge on any atom is -0.494 e. The van der Waals surface area contributed by atoms with E-state index in [9.17, 15) is 9.18 Å². The molecule has 6 heteroatoms. The summed E-state index contributed by atoms with van der Waals surface area (Å²) in [6.07, 6.45) is 4.20. The van der Waals surface area contributed by atoms with Gasteiger partial charge in [0, 0.05) is 18.2 Å².